The van der Waals surface area contributed by atoms with E-state index >= 15 is 0 Å². The largest absolute Gasteiger partial charge is 0.426 e. The van der Waals surface area contributed by atoms with Crippen molar-refractivity contribution in [1.82, 2.24) is 0 Å². The van der Waals surface area contributed by atoms with Gasteiger partial charge in [-0.25, -0.2) is 0 Å². The summed E-state index contributed by atoms with van der Waals surface area (Å²) < 4.78 is 5.20. The summed E-state index contributed by atoms with van der Waals surface area (Å²) in [5.41, 5.74) is 0.563. The molecular weight excluding hydrogens is 370 g/mol. The SMILES string of the molecule is Cc1ccc(N2C[C@@H](C(=O)Oc3ccc([N+](=O)[O-])cc3)CC2=O)cc1[N+](=O)[O-]. The average molecular weight is 385 g/mol. The number of rotatable bonds is 5. The fourth-order valence-corrected chi connectivity index (χ4v) is 2.91. The highest BCUT2D eigenvalue weighted by atomic mass is 16.6. The van der Waals surface area contributed by atoms with E-state index in [1.54, 1.807) is 19.1 Å². The van der Waals surface area contributed by atoms with Crippen LogP contribution < -0.4 is 9.64 Å². The predicted molar refractivity (Wildman–Crippen MR) is 97.0 cm³/mol. The van der Waals surface area contributed by atoms with E-state index < -0.39 is 21.7 Å². The van der Waals surface area contributed by atoms with Crippen LogP contribution in [0.25, 0.3) is 0 Å². The van der Waals surface area contributed by atoms with Crippen molar-refractivity contribution in [3.63, 3.8) is 0 Å². The summed E-state index contributed by atoms with van der Waals surface area (Å²) >= 11 is 0. The Morgan fingerprint density at radius 1 is 1.11 bits per heavy atom. The van der Waals surface area contributed by atoms with Crippen molar-refractivity contribution in [3.8, 4) is 5.75 Å². The maximum Gasteiger partial charge on any atom is 0.316 e. The van der Waals surface area contributed by atoms with Gasteiger partial charge < -0.3 is 9.64 Å². The van der Waals surface area contributed by atoms with E-state index in [0.717, 1.165) is 0 Å². The van der Waals surface area contributed by atoms with Crippen LogP contribution in [-0.4, -0.2) is 28.3 Å². The molecular formula is C18H15N3O7. The Bertz CT molecular complexity index is 972. The Labute approximate surface area is 158 Å². The molecule has 1 saturated heterocycles. The molecule has 10 nitrogen and oxygen atoms in total. The highest BCUT2D eigenvalue weighted by Gasteiger charge is 2.37. The lowest BCUT2D eigenvalue weighted by atomic mass is 10.1. The summed E-state index contributed by atoms with van der Waals surface area (Å²) in [6, 6.07) is 9.45. The molecule has 0 spiro atoms. The lowest BCUT2D eigenvalue weighted by Crippen LogP contribution is -2.27. The van der Waals surface area contributed by atoms with Crippen molar-refractivity contribution in [3.05, 3.63) is 68.3 Å². The molecule has 0 unspecified atom stereocenters. The van der Waals surface area contributed by atoms with Gasteiger partial charge in [0.05, 0.1) is 21.5 Å². The Hall–Kier alpha value is -3.82. The molecule has 1 atom stereocenters. The number of amides is 1. The first-order valence-electron chi connectivity index (χ1n) is 8.28. The average Bonchev–Trinajstić information content (AvgIpc) is 3.04. The van der Waals surface area contributed by atoms with Gasteiger partial charge in [0.2, 0.25) is 5.91 Å². The second-order valence-electron chi connectivity index (χ2n) is 6.31. The van der Waals surface area contributed by atoms with E-state index in [-0.39, 0.29) is 36.0 Å². The predicted octanol–water partition coefficient (Wildman–Crippen LogP) is 2.77. The van der Waals surface area contributed by atoms with Gasteiger partial charge in [0.1, 0.15) is 5.75 Å². The van der Waals surface area contributed by atoms with Gasteiger partial charge in [0.15, 0.2) is 0 Å². The zero-order chi connectivity index (χ0) is 20.4. The van der Waals surface area contributed by atoms with Gasteiger partial charge >= 0.3 is 5.97 Å². The highest BCUT2D eigenvalue weighted by Crippen LogP contribution is 2.30. The molecule has 0 bridgehead atoms. The van der Waals surface area contributed by atoms with Crippen LogP contribution in [0.1, 0.15) is 12.0 Å². The minimum Gasteiger partial charge on any atom is -0.426 e. The van der Waals surface area contributed by atoms with Crippen LogP contribution in [0.2, 0.25) is 0 Å². The number of anilines is 1. The molecule has 2 aromatic carbocycles. The van der Waals surface area contributed by atoms with E-state index in [1.165, 1.54) is 35.2 Å². The van der Waals surface area contributed by atoms with Crippen LogP contribution in [0.15, 0.2) is 42.5 Å². The summed E-state index contributed by atoms with van der Waals surface area (Å²) in [7, 11) is 0. The van der Waals surface area contributed by atoms with Crippen LogP contribution in [0.4, 0.5) is 17.1 Å². The topological polar surface area (TPSA) is 133 Å². The number of nitro groups is 2. The van der Waals surface area contributed by atoms with E-state index in [4.69, 9.17) is 4.74 Å². The van der Waals surface area contributed by atoms with Gasteiger partial charge in [-0.15, -0.1) is 0 Å². The Kier molecular flexibility index (Phi) is 5.03. The molecule has 1 amide bonds. The van der Waals surface area contributed by atoms with Crippen molar-refractivity contribution < 1.29 is 24.2 Å². The number of ether oxygens (including phenoxy) is 1. The van der Waals surface area contributed by atoms with Crippen molar-refractivity contribution >= 4 is 28.9 Å². The molecule has 28 heavy (non-hydrogen) atoms. The minimum atomic E-state index is -0.747. The van der Waals surface area contributed by atoms with Crippen LogP contribution in [0.3, 0.4) is 0 Å². The standard InChI is InChI=1S/C18H15N3O7/c1-11-2-3-14(9-16(11)21(26)27)19-10-12(8-17(19)22)18(23)28-15-6-4-13(5-7-15)20(24)25/h2-7,9,12H,8,10H2,1H3/t12-/m0/s1. The number of aryl methyl sites for hydroxylation is 1. The van der Waals surface area contributed by atoms with Crippen LogP contribution in [0.5, 0.6) is 5.75 Å². The van der Waals surface area contributed by atoms with E-state index in [0.29, 0.717) is 11.3 Å². The summed E-state index contributed by atoms with van der Waals surface area (Å²) in [6.45, 7) is 1.63. The van der Waals surface area contributed by atoms with E-state index in [9.17, 15) is 29.8 Å². The molecule has 0 aliphatic carbocycles. The van der Waals surface area contributed by atoms with Gasteiger partial charge in [-0.2, -0.15) is 0 Å². The van der Waals surface area contributed by atoms with Gasteiger partial charge in [-0.05, 0) is 25.1 Å². The molecule has 144 valence electrons. The normalized spacial score (nSPS) is 16.1. The lowest BCUT2D eigenvalue weighted by Gasteiger charge is -2.16. The molecule has 2 aromatic rings. The maximum atomic E-state index is 12.3. The van der Waals surface area contributed by atoms with Gasteiger partial charge in [0.25, 0.3) is 11.4 Å². The number of carbonyl (C=O) groups excluding carboxylic acids is 2. The number of benzene rings is 2. The summed E-state index contributed by atoms with van der Waals surface area (Å²) in [5, 5.41) is 21.7. The number of hydrogen-bond donors (Lipinski definition) is 0. The molecule has 1 heterocycles. The van der Waals surface area contributed by atoms with Gasteiger partial charge in [0, 0.05) is 36.7 Å². The Morgan fingerprint density at radius 3 is 2.39 bits per heavy atom. The van der Waals surface area contributed by atoms with Gasteiger partial charge in [-0.3, -0.25) is 29.8 Å². The fourth-order valence-electron chi connectivity index (χ4n) is 2.91. The molecule has 0 radical (unpaired) electrons. The lowest BCUT2D eigenvalue weighted by molar-refractivity contribution is -0.385. The maximum absolute atomic E-state index is 12.3. The molecule has 1 aliphatic rings. The molecule has 1 aliphatic heterocycles. The Balaban J connectivity index is 1.71. The third-order valence-electron chi connectivity index (χ3n) is 4.43. The first kappa shape index (κ1) is 19.0. The molecule has 10 heteroatoms. The smallest absolute Gasteiger partial charge is 0.316 e. The minimum absolute atomic E-state index is 0.0326. The third-order valence-corrected chi connectivity index (χ3v) is 4.43. The summed E-state index contributed by atoms with van der Waals surface area (Å²) in [6.07, 6.45) is -0.0898. The third kappa shape index (κ3) is 3.80. The second-order valence-corrected chi connectivity index (χ2v) is 6.31. The van der Waals surface area contributed by atoms with Crippen molar-refractivity contribution in [2.24, 2.45) is 5.92 Å². The van der Waals surface area contributed by atoms with Crippen LogP contribution >= 0.6 is 0 Å². The second kappa shape index (κ2) is 7.43. The zero-order valence-electron chi connectivity index (χ0n) is 14.7. The first-order chi connectivity index (χ1) is 13.3. The zero-order valence-corrected chi connectivity index (χ0v) is 14.7. The first-order valence-corrected chi connectivity index (χ1v) is 8.28. The number of carbonyl (C=O) groups is 2. The van der Waals surface area contributed by atoms with Crippen LogP contribution in [-0.2, 0) is 9.59 Å². The molecule has 0 N–H and O–H groups in total. The number of nitro benzene ring substituents is 2. The summed E-state index contributed by atoms with van der Waals surface area (Å²) in [4.78, 5) is 46.6. The molecule has 0 saturated carbocycles. The number of esters is 1. The van der Waals surface area contributed by atoms with E-state index in [2.05, 4.69) is 0 Å². The van der Waals surface area contributed by atoms with Gasteiger partial charge in [-0.1, -0.05) is 6.07 Å². The number of nitrogens with zero attached hydrogens (tertiary/aromatic N) is 3. The van der Waals surface area contributed by atoms with Crippen molar-refractivity contribution in [2.75, 3.05) is 11.4 Å². The molecule has 1 fully saturated rings. The Morgan fingerprint density at radius 2 is 1.79 bits per heavy atom. The van der Waals surface area contributed by atoms with E-state index in [1.807, 2.05) is 0 Å². The quantitative estimate of drug-likeness (QED) is 0.334. The van der Waals surface area contributed by atoms with Crippen molar-refractivity contribution in [2.45, 2.75) is 13.3 Å². The molecule has 0 aromatic heterocycles. The summed E-state index contributed by atoms with van der Waals surface area (Å²) in [5.74, 6) is -1.61. The highest BCUT2D eigenvalue weighted by molar-refractivity contribution is 6.00. The number of non-ortho nitro benzene ring substituents is 1. The van der Waals surface area contributed by atoms with Crippen LogP contribution in [0, 0.1) is 33.1 Å². The number of hydrogen-bond acceptors (Lipinski definition) is 7. The monoisotopic (exact) mass is 385 g/mol. The van der Waals surface area contributed by atoms with Crippen molar-refractivity contribution in [1.29, 1.82) is 0 Å². The molecule has 3 rings (SSSR count). The fraction of sp³-hybridized carbons (Fsp3) is 0.222.